The van der Waals surface area contributed by atoms with E-state index in [2.05, 4.69) is 24.1 Å². The first kappa shape index (κ1) is 15.3. The minimum atomic E-state index is 0.499. The summed E-state index contributed by atoms with van der Waals surface area (Å²) >= 11 is 0. The van der Waals surface area contributed by atoms with Gasteiger partial charge in [0, 0.05) is 25.7 Å². The van der Waals surface area contributed by atoms with Crippen molar-refractivity contribution in [1.29, 1.82) is 0 Å². The molecule has 0 aromatic rings. The van der Waals surface area contributed by atoms with Crippen molar-refractivity contribution in [2.75, 3.05) is 32.8 Å². The molecule has 2 heterocycles. The molecule has 2 aliphatic rings. The predicted molar refractivity (Wildman–Crippen MR) is 80.5 cm³/mol. The number of piperidine rings is 1. The number of ether oxygens (including phenoxy) is 1. The van der Waals surface area contributed by atoms with Crippen LogP contribution in [0.1, 0.15) is 52.4 Å². The van der Waals surface area contributed by atoms with Crippen molar-refractivity contribution < 1.29 is 4.74 Å². The van der Waals surface area contributed by atoms with Crippen LogP contribution in [0.3, 0.4) is 0 Å². The summed E-state index contributed by atoms with van der Waals surface area (Å²) in [4.78, 5) is 2.69. The van der Waals surface area contributed by atoms with Crippen LogP contribution in [-0.4, -0.2) is 49.8 Å². The Labute approximate surface area is 119 Å². The summed E-state index contributed by atoms with van der Waals surface area (Å²) in [6.45, 7) is 10.3. The maximum Gasteiger partial charge on any atom is 0.0702 e. The normalized spacial score (nSPS) is 29.8. The smallest absolute Gasteiger partial charge is 0.0702 e. The number of nitrogens with one attached hydrogen (secondary N) is 1. The lowest BCUT2D eigenvalue weighted by Gasteiger charge is -2.39. The third-order valence-electron chi connectivity index (χ3n) is 4.39. The molecule has 2 unspecified atom stereocenters. The van der Waals surface area contributed by atoms with Gasteiger partial charge in [-0.15, -0.1) is 0 Å². The first-order chi connectivity index (χ1) is 9.25. The topological polar surface area (TPSA) is 24.5 Å². The highest BCUT2D eigenvalue weighted by Crippen LogP contribution is 2.20. The average molecular weight is 268 g/mol. The van der Waals surface area contributed by atoms with Crippen LogP contribution in [0.5, 0.6) is 0 Å². The Bertz CT molecular complexity index is 239. The van der Waals surface area contributed by atoms with E-state index in [0.29, 0.717) is 6.10 Å². The fourth-order valence-electron chi connectivity index (χ4n) is 3.28. The zero-order valence-corrected chi connectivity index (χ0v) is 12.9. The van der Waals surface area contributed by atoms with Gasteiger partial charge >= 0.3 is 0 Å². The maximum absolute atomic E-state index is 5.91. The Morgan fingerprint density at radius 3 is 2.74 bits per heavy atom. The van der Waals surface area contributed by atoms with E-state index in [4.69, 9.17) is 4.74 Å². The molecule has 19 heavy (non-hydrogen) atoms. The molecular weight excluding hydrogens is 236 g/mol. The van der Waals surface area contributed by atoms with Gasteiger partial charge in [0.25, 0.3) is 0 Å². The Balaban J connectivity index is 1.74. The average Bonchev–Trinajstić information content (AvgIpc) is 2.41. The summed E-state index contributed by atoms with van der Waals surface area (Å²) in [6.07, 6.45) is 8.51. The van der Waals surface area contributed by atoms with Crippen LogP contribution in [0, 0.1) is 5.92 Å². The number of rotatable bonds is 6. The molecular formula is C16H32N2O. The number of hydrogen-bond acceptors (Lipinski definition) is 3. The van der Waals surface area contributed by atoms with Crippen LogP contribution in [0.2, 0.25) is 0 Å². The third-order valence-corrected chi connectivity index (χ3v) is 4.39. The second-order valence-electron chi connectivity index (χ2n) is 6.69. The summed E-state index contributed by atoms with van der Waals surface area (Å²) in [5.74, 6) is 0.749. The van der Waals surface area contributed by atoms with Gasteiger partial charge in [0.15, 0.2) is 0 Å². The summed E-state index contributed by atoms with van der Waals surface area (Å²) in [5.41, 5.74) is 0. The minimum Gasteiger partial charge on any atom is -0.377 e. The minimum absolute atomic E-state index is 0.499. The van der Waals surface area contributed by atoms with Crippen LogP contribution in [0.4, 0.5) is 0 Å². The van der Waals surface area contributed by atoms with E-state index in [1.807, 2.05) is 0 Å². The Morgan fingerprint density at radius 2 is 2.00 bits per heavy atom. The van der Waals surface area contributed by atoms with Gasteiger partial charge in [-0.3, -0.25) is 4.90 Å². The monoisotopic (exact) mass is 268 g/mol. The molecule has 0 bridgehead atoms. The van der Waals surface area contributed by atoms with Gasteiger partial charge in [-0.1, -0.05) is 20.3 Å². The number of hydrogen-bond donors (Lipinski definition) is 1. The molecule has 0 radical (unpaired) electrons. The molecule has 0 aromatic carbocycles. The summed E-state index contributed by atoms with van der Waals surface area (Å²) in [7, 11) is 0. The molecule has 2 aliphatic heterocycles. The quantitative estimate of drug-likeness (QED) is 0.801. The molecule has 2 rings (SSSR count). The first-order valence-corrected chi connectivity index (χ1v) is 8.32. The molecule has 0 aromatic heterocycles. The number of nitrogens with zero attached hydrogens (tertiary/aromatic N) is 1. The molecule has 0 amide bonds. The van der Waals surface area contributed by atoms with Crippen LogP contribution in [0.15, 0.2) is 0 Å². The van der Waals surface area contributed by atoms with E-state index in [0.717, 1.165) is 38.2 Å². The lowest BCUT2D eigenvalue weighted by molar-refractivity contribution is -0.0192. The molecule has 112 valence electrons. The lowest BCUT2D eigenvalue weighted by atomic mass is 10.00. The fourth-order valence-corrected chi connectivity index (χ4v) is 3.28. The van der Waals surface area contributed by atoms with Crippen molar-refractivity contribution >= 4 is 0 Å². The molecule has 2 fully saturated rings. The third kappa shape index (κ3) is 5.41. The highest BCUT2D eigenvalue weighted by molar-refractivity contribution is 4.81. The van der Waals surface area contributed by atoms with Crippen molar-refractivity contribution in [2.24, 2.45) is 5.92 Å². The van der Waals surface area contributed by atoms with E-state index in [1.54, 1.807) is 0 Å². The zero-order valence-electron chi connectivity index (χ0n) is 12.9. The van der Waals surface area contributed by atoms with Crippen LogP contribution < -0.4 is 5.32 Å². The van der Waals surface area contributed by atoms with Crippen LogP contribution in [0.25, 0.3) is 0 Å². The van der Waals surface area contributed by atoms with Crippen molar-refractivity contribution in [1.82, 2.24) is 10.2 Å². The van der Waals surface area contributed by atoms with Crippen molar-refractivity contribution in [3.63, 3.8) is 0 Å². The summed E-state index contributed by atoms with van der Waals surface area (Å²) in [5, 5.41) is 3.64. The Hall–Kier alpha value is -0.120. The van der Waals surface area contributed by atoms with Gasteiger partial charge < -0.3 is 10.1 Å². The van der Waals surface area contributed by atoms with E-state index in [9.17, 15) is 0 Å². The second-order valence-corrected chi connectivity index (χ2v) is 6.69. The molecule has 0 spiro atoms. The molecule has 1 N–H and O–H groups in total. The van der Waals surface area contributed by atoms with E-state index >= 15 is 0 Å². The predicted octanol–water partition coefficient (Wildman–Crippen LogP) is 2.66. The van der Waals surface area contributed by atoms with Gasteiger partial charge in [0.05, 0.1) is 6.10 Å². The highest BCUT2D eigenvalue weighted by atomic mass is 16.5. The van der Waals surface area contributed by atoms with Gasteiger partial charge in [-0.2, -0.15) is 0 Å². The summed E-state index contributed by atoms with van der Waals surface area (Å²) < 4.78 is 5.91. The lowest BCUT2D eigenvalue weighted by Crippen LogP contribution is -2.49. The zero-order chi connectivity index (χ0) is 13.5. The highest BCUT2D eigenvalue weighted by Gasteiger charge is 2.25. The van der Waals surface area contributed by atoms with E-state index < -0.39 is 0 Å². The van der Waals surface area contributed by atoms with Crippen molar-refractivity contribution in [3.8, 4) is 0 Å². The van der Waals surface area contributed by atoms with Crippen LogP contribution >= 0.6 is 0 Å². The van der Waals surface area contributed by atoms with Gasteiger partial charge in [0.2, 0.25) is 0 Å². The second kappa shape index (κ2) is 8.23. The van der Waals surface area contributed by atoms with Crippen LogP contribution in [-0.2, 0) is 4.74 Å². The molecule has 3 nitrogen and oxygen atoms in total. The standard InChI is InChI=1S/C16H32N2O/c1-14(2)11-17-12-15-7-3-5-9-18(15)13-16-8-4-6-10-19-16/h14-17H,3-13H2,1-2H3. The van der Waals surface area contributed by atoms with Crippen molar-refractivity contribution in [2.45, 2.75) is 64.5 Å². The maximum atomic E-state index is 5.91. The van der Waals surface area contributed by atoms with E-state index in [-0.39, 0.29) is 0 Å². The van der Waals surface area contributed by atoms with Crippen molar-refractivity contribution in [3.05, 3.63) is 0 Å². The molecule has 2 saturated heterocycles. The SMILES string of the molecule is CC(C)CNCC1CCCCN1CC1CCCCO1. The Kier molecular flexibility index (Phi) is 6.62. The molecule has 0 saturated carbocycles. The molecule has 2 atom stereocenters. The summed E-state index contributed by atoms with van der Waals surface area (Å²) in [6, 6.07) is 0.734. The number of likely N-dealkylation sites (tertiary alicyclic amines) is 1. The van der Waals surface area contributed by atoms with Gasteiger partial charge in [-0.25, -0.2) is 0 Å². The largest absolute Gasteiger partial charge is 0.377 e. The molecule has 0 aliphatic carbocycles. The van der Waals surface area contributed by atoms with E-state index in [1.165, 1.54) is 45.1 Å². The van der Waals surface area contributed by atoms with Gasteiger partial charge in [-0.05, 0) is 51.1 Å². The Morgan fingerprint density at radius 1 is 1.16 bits per heavy atom. The molecule has 3 heteroatoms. The fraction of sp³-hybridized carbons (Fsp3) is 1.00. The first-order valence-electron chi connectivity index (χ1n) is 8.32. The van der Waals surface area contributed by atoms with Gasteiger partial charge in [0.1, 0.15) is 0 Å².